The van der Waals surface area contributed by atoms with Crippen LogP contribution in [-0.2, 0) is 6.42 Å². The van der Waals surface area contributed by atoms with Gasteiger partial charge >= 0.3 is 0 Å². The highest BCUT2D eigenvalue weighted by Crippen LogP contribution is 2.23. The molecule has 0 fully saturated rings. The first-order valence-corrected chi connectivity index (χ1v) is 7.89. The van der Waals surface area contributed by atoms with E-state index in [0.717, 1.165) is 19.2 Å². The number of carbonyl (C=O) groups excluding carboxylic acids is 1. The lowest BCUT2D eigenvalue weighted by Gasteiger charge is -2.10. The molecule has 0 aromatic heterocycles. The van der Waals surface area contributed by atoms with Gasteiger partial charge in [-0.05, 0) is 71.3 Å². The number of ketones is 1. The number of benzene rings is 2. The lowest BCUT2D eigenvalue weighted by atomic mass is 9.96. The van der Waals surface area contributed by atoms with Crippen molar-refractivity contribution in [1.29, 1.82) is 0 Å². The highest BCUT2D eigenvalue weighted by molar-refractivity contribution is 14.1. The molecule has 98 valence electrons. The number of hydrogen-bond donors (Lipinski definition) is 0. The quantitative estimate of drug-likeness (QED) is 0.491. The van der Waals surface area contributed by atoms with Crippen LogP contribution in [0.4, 0.5) is 0 Å². The molecular weight excluding hydrogens is 415 g/mol. The van der Waals surface area contributed by atoms with E-state index < -0.39 is 0 Å². The zero-order chi connectivity index (χ0) is 14.0. The summed E-state index contributed by atoms with van der Waals surface area (Å²) in [5.74, 6) is 0.155. The van der Waals surface area contributed by atoms with E-state index in [-0.39, 0.29) is 5.78 Å². The molecule has 2 aromatic carbocycles. The summed E-state index contributed by atoms with van der Waals surface area (Å²) in [5, 5.41) is 0. The maximum atomic E-state index is 12.5. The fraction of sp³-hybridized carbons (Fsp3) is 0.188. The summed E-state index contributed by atoms with van der Waals surface area (Å²) >= 11 is 5.68. The smallest absolute Gasteiger partial charge is 0.168 e. The zero-order valence-electron chi connectivity index (χ0n) is 10.8. The maximum absolute atomic E-state index is 12.5. The van der Waals surface area contributed by atoms with Crippen molar-refractivity contribution in [2.24, 2.45) is 0 Å². The Bertz CT molecular complexity index is 614. The molecule has 3 heteroatoms. The van der Waals surface area contributed by atoms with Crippen LogP contribution in [0.3, 0.4) is 0 Å². The SMILES string of the molecule is Cc1cccc(C)c1CC(=O)c1cc(I)ccc1Br. The molecule has 0 heterocycles. The minimum atomic E-state index is 0.155. The normalized spacial score (nSPS) is 10.5. The number of hydrogen-bond acceptors (Lipinski definition) is 1. The molecule has 0 radical (unpaired) electrons. The molecule has 2 rings (SSSR count). The topological polar surface area (TPSA) is 17.1 Å². The highest BCUT2D eigenvalue weighted by Gasteiger charge is 2.13. The van der Waals surface area contributed by atoms with E-state index in [1.165, 1.54) is 11.1 Å². The van der Waals surface area contributed by atoms with Gasteiger partial charge in [0.2, 0.25) is 0 Å². The molecule has 2 aromatic rings. The molecule has 0 aliphatic rings. The monoisotopic (exact) mass is 428 g/mol. The first kappa shape index (κ1) is 14.7. The van der Waals surface area contributed by atoms with Crippen LogP contribution in [0.1, 0.15) is 27.0 Å². The van der Waals surface area contributed by atoms with Crippen LogP contribution >= 0.6 is 38.5 Å². The fourth-order valence-corrected chi connectivity index (χ4v) is 3.05. The van der Waals surface area contributed by atoms with E-state index in [2.05, 4.69) is 64.5 Å². The van der Waals surface area contributed by atoms with Gasteiger partial charge in [0.1, 0.15) is 0 Å². The van der Waals surface area contributed by atoms with Crippen molar-refractivity contribution >= 4 is 44.3 Å². The van der Waals surface area contributed by atoms with E-state index in [1.807, 2.05) is 24.3 Å². The molecule has 1 nitrogen and oxygen atoms in total. The Kier molecular flexibility index (Phi) is 4.79. The van der Waals surface area contributed by atoms with Crippen molar-refractivity contribution in [3.05, 3.63) is 66.7 Å². The van der Waals surface area contributed by atoms with Crippen LogP contribution in [0.15, 0.2) is 40.9 Å². The van der Waals surface area contributed by atoms with Gasteiger partial charge in [0.25, 0.3) is 0 Å². The number of halogens is 2. The van der Waals surface area contributed by atoms with Gasteiger partial charge in [0.15, 0.2) is 5.78 Å². The fourth-order valence-electron chi connectivity index (χ4n) is 2.09. The second-order valence-corrected chi connectivity index (χ2v) is 6.69. The van der Waals surface area contributed by atoms with Gasteiger partial charge in [-0.3, -0.25) is 4.79 Å². The van der Waals surface area contributed by atoms with Gasteiger partial charge in [-0.15, -0.1) is 0 Å². The van der Waals surface area contributed by atoms with Crippen LogP contribution in [0.2, 0.25) is 0 Å². The van der Waals surface area contributed by atoms with Gasteiger partial charge in [-0.1, -0.05) is 34.1 Å². The molecule has 0 bridgehead atoms. The number of Topliss-reactive ketones (excluding diaryl/α,β-unsaturated/α-hetero) is 1. The zero-order valence-corrected chi connectivity index (χ0v) is 14.6. The molecular formula is C16H14BrIO. The summed E-state index contributed by atoms with van der Waals surface area (Å²) in [6, 6.07) is 12.0. The number of rotatable bonds is 3. The Hall–Kier alpha value is -0.680. The average Bonchev–Trinajstić information content (AvgIpc) is 2.37. The molecule has 0 unspecified atom stereocenters. The third-order valence-electron chi connectivity index (χ3n) is 3.21. The molecule has 0 atom stereocenters. The van der Waals surface area contributed by atoms with E-state index >= 15 is 0 Å². The van der Waals surface area contributed by atoms with Crippen molar-refractivity contribution < 1.29 is 4.79 Å². The van der Waals surface area contributed by atoms with Gasteiger partial charge in [0, 0.05) is 20.0 Å². The third-order valence-corrected chi connectivity index (χ3v) is 4.57. The number of carbonyl (C=O) groups is 1. The summed E-state index contributed by atoms with van der Waals surface area (Å²) in [6.07, 6.45) is 0.456. The van der Waals surface area contributed by atoms with E-state index in [1.54, 1.807) is 0 Å². The summed E-state index contributed by atoms with van der Waals surface area (Å²) in [5.41, 5.74) is 4.25. The van der Waals surface area contributed by atoms with Crippen molar-refractivity contribution in [3.8, 4) is 0 Å². The Labute approximate surface area is 135 Å². The molecule has 0 amide bonds. The Morgan fingerprint density at radius 1 is 1.16 bits per heavy atom. The predicted octanol–water partition coefficient (Wildman–Crippen LogP) is 5.10. The summed E-state index contributed by atoms with van der Waals surface area (Å²) in [6.45, 7) is 4.11. The van der Waals surface area contributed by atoms with Crippen molar-refractivity contribution in [3.63, 3.8) is 0 Å². The maximum Gasteiger partial charge on any atom is 0.168 e. The average molecular weight is 429 g/mol. The van der Waals surface area contributed by atoms with Crippen molar-refractivity contribution in [1.82, 2.24) is 0 Å². The van der Waals surface area contributed by atoms with Crippen LogP contribution < -0.4 is 0 Å². The minimum Gasteiger partial charge on any atom is -0.294 e. The van der Waals surface area contributed by atoms with Gasteiger partial charge < -0.3 is 0 Å². The lowest BCUT2D eigenvalue weighted by Crippen LogP contribution is -2.07. The van der Waals surface area contributed by atoms with Gasteiger partial charge in [-0.25, -0.2) is 0 Å². The van der Waals surface area contributed by atoms with Gasteiger partial charge in [-0.2, -0.15) is 0 Å². The third kappa shape index (κ3) is 3.45. The predicted molar refractivity (Wildman–Crippen MR) is 90.8 cm³/mol. The van der Waals surface area contributed by atoms with Crippen LogP contribution in [0.25, 0.3) is 0 Å². The van der Waals surface area contributed by atoms with Crippen LogP contribution in [-0.4, -0.2) is 5.78 Å². The largest absolute Gasteiger partial charge is 0.294 e. The standard InChI is InChI=1S/C16H14BrIO/c1-10-4-3-5-11(2)13(10)9-16(19)14-8-12(18)6-7-15(14)17/h3-8H,9H2,1-2H3. The Morgan fingerprint density at radius 2 is 1.79 bits per heavy atom. The molecule has 19 heavy (non-hydrogen) atoms. The van der Waals surface area contributed by atoms with Crippen molar-refractivity contribution in [2.75, 3.05) is 0 Å². The Morgan fingerprint density at radius 3 is 2.42 bits per heavy atom. The number of aryl methyl sites for hydroxylation is 2. The van der Waals surface area contributed by atoms with E-state index in [4.69, 9.17) is 0 Å². The Balaban J connectivity index is 2.34. The molecule has 0 aliphatic heterocycles. The molecule has 0 N–H and O–H groups in total. The molecule has 0 spiro atoms. The van der Waals surface area contributed by atoms with Crippen LogP contribution in [0.5, 0.6) is 0 Å². The van der Waals surface area contributed by atoms with Crippen LogP contribution in [0, 0.1) is 17.4 Å². The summed E-state index contributed by atoms with van der Waals surface area (Å²) in [4.78, 5) is 12.5. The summed E-state index contributed by atoms with van der Waals surface area (Å²) in [7, 11) is 0. The molecule has 0 saturated heterocycles. The molecule has 0 aliphatic carbocycles. The first-order chi connectivity index (χ1) is 8.99. The lowest BCUT2D eigenvalue weighted by molar-refractivity contribution is 0.0991. The van der Waals surface area contributed by atoms with Crippen molar-refractivity contribution in [2.45, 2.75) is 20.3 Å². The minimum absolute atomic E-state index is 0.155. The van der Waals surface area contributed by atoms with Gasteiger partial charge in [0.05, 0.1) is 0 Å². The van der Waals surface area contributed by atoms with E-state index in [0.29, 0.717) is 6.42 Å². The summed E-state index contributed by atoms with van der Waals surface area (Å²) < 4.78 is 1.94. The highest BCUT2D eigenvalue weighted by atomic mass is 127. The molecule has 0 saturated carbocycles. The van der Waals surface area contributed by atoms with E-state index in [9.17, 15) is 4.79 Å². The second kappa shape index (κ2) is 6.18. The first-order valence-electron chi connectivity index (χ1n) is 6.02. The second-order valence-electron chi connectivity index (χ2n) is 4.59.